The lowest BCUT2D eigenvalue weighted by Crippen LogP contribution is -2.44. The fourth-order valence-corrected chi connectivity index (χ4v) is 2.85. The molecular formula is C17H25IN4OS. The maximum atomic E-state index is 10.6. The second kappa shape index (κ2) is 9.95. The molecule has 1 unspecified atom stereocenters. The molecule has 0 saturated heterocycles. The smallest absolute Gasteiger partial charge is 0.191 e. The molecule has 0 aliphatic heterocycles. The van der Waals surface area contributed by atoms with Crippen LogP contribution in [0.15, 0.2) is 41.5 Å². The number of thiazole rings is 1. The summed E-state index contributed by atoms with van der Waals surface area (Å²) in [4.78, 5) is 9.90. The largest absolute Gasteiger partial charge is 0.384 e. The summed E-state index contributed by atoms with van der Waals surface area (Å²) in [6, 6.07) is 9.64. The van der Waals surface area contributed by atoms with Gasteiger partial charge in [0.2, 0.25) is 0 Å². The first-order valence-electron chi connectivity index (χ1n) is 7.72. The molecule has 0 fully saturated rings. The summed E-state index contributed by atoms with van der Waals surface area (Å²) in [5.41, 5.74) is -0.0835. The first-order valence-corrected chi connectivity index (χ1v) is 8.54. The molecule has 3 N–H and O–H groups in total. The van der Waals surface area contributed by atoms with E-state index in [4.69, 9.17) is 0 Å². The Morgan fingerprint density at radius 3 is 2.58 bits per heavy atom. The van der Waals surface area contributed by atoms with Crippen molar-refractivity contribution in [1.29, 1.82) is 0 Å². The van der Waals surface area contributed by atoms with Crippen LogP contribution >= 0.6 is 35.3 Å². The molecule has 0 aliphatic rings. The van der Waals surface area contributed by atoms with Crippen LogP contribution in [-0.2, 0) is 12.1 Å². The van der Waals surface area contributed by atoms with Crippen LogP contribution in [0.25, 0.3) is 0 Å². The number of hydrogen-bond acceptors (Lipinski definition) is 4. The molecule has 24 heavy (non-hydrogen) atoms. The summed E-state index contributed by atoms with van der Waals surface area (Å²) < 4.78 is 0. The molecule has 0 saturated carbocycles. The lowest BCUT2D eigenvalue weighted by molar-refractivity contribution is 0.0617. The Hall–Kier alpha value is -1.19. The molecule has 1 aromatic carbocycles. The Morgan fingerprint density at radius 2 is 2.00 bits per heavy atom. The van der Waals surface area contributed by atoms with Crippen molar-refractivity contribution in [3.63, 3.8) is 0 Å². The van der Waals surface area contributed by atoms with Gasteiger partial charge in [-0.05, 0) is 26.3 Å². The van der Waals surface area contributed by atoms with Crippen molar-refractivity contribution in [2.45, 2.75) is 32.9 Å². The summed E-state index contributed by atoms with van der Waals surface area (Å²) in [6.45, 7) is 7.52. The standard InChI is InChI=1S/C17H24N4OS.HI/c1-4-18-16(20-11-15-10-19-13(2)23-15)21-12-17(3,22)14-8-6-5-7-9-14;/h5-10,22H,4,11-12H2,1-3H3,(H2,18,20,21);1H. The van der Waals surface area contributed by atoms with Gasteiger partial charge in [0.25, 0.3) is 0 Å². The number of hydrogen-bond donors (Lipinski definition) is 3. The molecule has 1 aromatic heterocycles. The van der Waals surface area contributed by atoms with Gasteiger partial charge in [-0.2, -0.15) is 0 Å². The van der Waals surface area contributed by atoms with Gasteiger partial charge in [-0.3, -0.25) is 0 Å². The number of nitrogens with one attached hydrogen (secondary N) is 2. The van der Waals surface area contributed by atoms with Crippen LogP contribution in [0.2, 0.25) is 0 Å². The number of rotatable bonds is 6. The first kappa shape index (κ1) is 20.9. The molecule has 1 heterocycles. The Bertz CT molecular complexity index is 643. The average molecular weight is 460 g/mol. The highest BCUT2D eigenvalue weighted by atomic mass is 127. The lowest BCUT2D eigenvalue weighted by Gasteiger charge is -2.25. The Balaban J connectivity index is 0.00000288. The van der Waals surface area contributed by atoms with Crippen molar-refractivity contribution in [2.75, 3.05) is 13.1 Å². The number of aliphatic hydroxyl groups is 1. The predicted octanol–water partition coefficient (Wildman–Crippen LogP) is 3.03. The van der Waals surface area contributed by atoms with Gasteiger partial charge in [0.1, 0.15) is 5.60 Å². The highest BCUT2D eigenvalue weighted by Gasteiger charge is 2.22. The lowest BCUT2D eigenvalue weighted by atomic mass is 9.96. The van der Waals surface area contributed by atoms with Crippen LogP contribution in [0, 0.1) is 6.92 Å². The summed E-state index contributed by atoms with van der Waals surface area (Å²) in [5, 5.41) is 18.1. The van der Waals surface area contributed by atoms with E-state index in [1.807, 2.05) is 50.4 Å². The van der Waals surface area contributed by atoms with Gasteiger partial charge >= 0.3 is 0 Å². The minimum Gasteiger partial charge on any atom is -0.384 e. The molecule has 0 amide bonds. The van der Waals surface area contributed by atoms with Gasteiger partial charge in [0, 0.05) is 17.6 Å². The molecule has 0 spiro atoms. The van der Waals surface area contributed by atoms with Gasteiger partial charge in [0.05, 0.1) is 18.1 Å². The van der Waals surface area contributed by atoms with Crippen LogP contribution in [-0.4, -0.2) is 29.1 Å². The first-order chi connectivity index (χ1) is 11.0. The fourth-order valence-electron chi connectivity index (χ4n) is 2.13. The molecule has 7 heteroatoms. The van der Waals surface area contributed by atoms with E-state index in [0.717, 1.165) is 22.0 Å². The molecule has 2 rings (SSSR count). The van der Waals surface area contributed by atoms with E-state index in [0.29, 0.717) is 19.0 Å². The van der Waals surface area contributed by atoms with Crippen molar-refractivity contribution < 1.29 is 5.11 Å². The number of guanidine groups is 1. The topological polar surface area (TPSA) is 69.5 Å². The molecular weight excluding hydrogens is 435 g/mol. The fraction of sp³-hybridized carbons (Fsp3) is 0.412. The molecule has 2 aromatic rings. The van der Waals surface area contributed by atoms with Gasteiger partial charge in [-0.25, -0.2) is 9.98 Å². The maximum absolute atomic E-state index is 10.6. The van der Waals surface area contributed by atoms with Gasteiger partial charge in [-0.15, -0.1) is 35.3 Å². The summed E-state index contributed by atoms with van der Waals surface area (Å²) in [7, 11) is 0. The molecule has 5 nitrogen and oxygen atoms in total. The zero-order valence-electron chi connectivity index (χ0n) is 14.2. The predicted molar refractivity (Wildman–Crippen MR) is 111 cm³/mol. The third kappa shape index (κ3) is 6.37. The van der Waals surface area contributed by atoms with E-state index >= 15 is 0 Å². The number of aliphatic imine (C=N–C) groups is 1. The van der Waals surface area contributed by atoms with Crippen LogP contribution < -0.4 is 10.6 Å². The van der Waals surface area contributed by atoms with E-state index in [9.17, 15) is 5.11 Å². The van der Waals surface area contributed by atoms with Crippen molar-refractivity contribution in [1.82, 2.24) is 15.6 Å². The minimum atomic E-state index is -0.960. The van der Waals surface area contributed by atoms with Crippen molar-refractivity contribution in [3.05, 3.63) is 52.0 Å². The van der Waals surface area contributed by atoms with Crippen LogP contribution in [0.1, 0.15) is 29.3 Å². The monoisotopic (exact) mass is 460 g/mol. The summed E-state index contributed by atoms with van der Waals surface area (Å²) in [5.74, 6) is 0.690. The number of nitrogens with zero attached hydrogens (tertiary/aromatic N) is 2. The van der Waals surface area contributed by atoms with Gasteiger partial charge in [-0.1, -0.05) is 30.3 Å². The van der Waals surface area contributed by atoms with Gasteiger partial charge in [0.15, 0.2) is 5.96 Å². The normalized spacial score (nSPS) is 13.8. The third-order valence-electron chi connectivity index (χ3n) is 3.40. The zero-order chi connectivity index (χ0) is 16.7. The third-order valence-corrected chi connectivity index (χ3v) is 4.30. The van der Waals surface area contributed by atoms with Crippen molar-refractivity contribution >= 4 is 41.3 Å². The molecule has 0 radical (unpaired) electrons. The van der Waals surface area contributed by atoms with Crippen molar-refractivity contribution in [2.24, 2.45) is 4.99 Å². The maximum Gasteiger partial charge on any atom is 0.191 e. The summed E-state index contributed by atoms with van der Waals surface area (Å²) >= 11 is 1.65. The highest BCUT2D eigenvalue weighted by molar-refractivity contribution is 14.0. The van der Waals surface area contributed by atoms with E-state index < -0.39 is 5.60 Å². The number of aryl methyl sites for hydroxylation is 1. The average Bonchev–Trinajstić information content (AvgIpc) is 2.96. The SMILES string of the molecule is CCNC(=NCc1cnc(C)s1)NCC(C)(O)c1ccccc1.I. The van der Waals surface area contributed by atoms with Crippen LogP contribution in [0.5, 0.6) is 0 Å². The van der Waals surface area contributed by atoms with E-state index in [-0.39, 0.29) is 24.0 Å². The quantitative estimate of drug-likeness (QED) is 0.352. The Labute approximate surface area is 164 Å². The second-order valence-corrected chi connectivity index (χ2v) is 6.85. The Kier molecular flexibility index (Phi) is 8.65. The van der Waals surface area contributed by atoms with Crippen molar-refractivity contribution in [3.8, 4) is 0 Å². The number of aromatic nitrogens is 1. The molecule has 1 atom stereocenters. The van der Waals surface area contributed by atoms with Gasteiger partial charge < -0.3 is 15.7 Å². The molecule has 0 aliphatic carbocycles. The van der Waals surface area contributed by atoms with E-state index in [1.165, 1.54) is 0 Å². The number of halogens is 1. The minimum absolute atomic E-state index is 0. The Morgan fingerprint density at radius 1 is 1.29 bits per heavy atom. The van der Waals surface area contributed by atoms with Crippen LogP contribution in [0.3, 0.4) is 0 Å². The van der Waals surface area contributed by atoms with E-state index in [2.05, 4.69) is 20.6 Å². The highest BCUT2D eigenvalue weighted by Crippen LogP contribution is 2.19. The zero-order valence-corrected chi connectivity index (χ0v) is 17.4. The molecule has 0 bridgehead atoms. The second-order valence-electron chi connectivity index (χ2n) is 5.53. The van der Waals surface area contributed by atoms with E-state index in [1.54, 1.807) is 18.3 Å². The number of benzene rings is 1. The van der Waals surface area contributed by atoms with Crippen LogP contribution in [0.4, 0.5) is 0 Å². The molecule has 132 valence electrons. The summed E-state index contributed by atoms with van der Waals surface area (Å²) in [6.07, 6.45) is 1.85.